The van der Waals surface area contributed by atoms with E-state index in [2.05, 4.69) is 21.6 Å². The third-order valence-corrected chi connectivity index (χ3v) is 4.55. The van der Waals surface area contributed by atoms with E-state index in [0.29, 0.717) is 18.8 Å². The van der Waals surface area contributed by atoms with Crippen LogP contribution in [0.5, 0.6) is 5.75 Å². The predicted octanol–water partition coefficient (Wildman–Crippen LogP) is 3.41. The van der Waals surface area contributed by atoms with Crippen molar-refractivity contribution in [3.05, 3.63) is 46.3 Å². The summed E-state index contributed by atoms with van der Waals surface area (Å²) >= 11 is 5.94. The SMILES string of the molecule is CCOCCc1ccc(OCCNC(=O)c2n[nH]c(CC)c2CCl)c(C)c1. The van der Waals surface area contributed by atoms with Gasteiger partial charge in [0.2, 0.25) is 0 Å². The van der Waals surface area contributed by atoms with E-state index in [1.165, 1.54) is 5.56 Å². The van der Waals surface area contributed by atoms with Crippen molar-refractivity contribution in [3.63, 3.8) is 0 Å². The molecule has 7 heteroatoms. The van der Waals surface area contributed by atoms with E-state index in [1.807, 2.05) is 32.9 Å². The van der Waals surface area contributed by atoms with E-state index in [9.17, 15) is 4.79 Å². The van der Waals surface area contributed by atoms with Gasteiger partial charge < -0.3 is 14.8 Å². The van der Waals surface area contributed by atoms with E-state index in [1.54, 1.807) is 0 Å². The maximum Gasteiger partial charge on any atom is 0.272 e. The second-order valence-electron chi connectivity index (χ2n) is 6.17. The number of halogens is 1. The molecule has 0 saturated carbocycles. The lowest BCUT2D eigenvalue weighted by Gasteiger charge is -2.11. The summed E-state index contributed by atoms with van der Waals surface area (Å²) in [6.07, 6.45) is 1.64. The molecule has 0 spiro atoms. The summed E-state index contributed by atoms with van der Waals surface area (Å²) in [6.45, 7) is 8.22. The van der Waals surface area contributed by atoms with Crippen LogP contribution in [0.2, 0.25) is 0 Å². The summed E-state index contributed by atoms with van der Waals surface area (Å²) in [5.41, 5.74) is 4.30. The number of aryl methyl sites for hydroxylation is 2. The zero-order chi connectivity index (χ0) is 19.6. The van der Waals surface area contributed by atoms with Gasteiger partial charge in [-0.25, -0.2) is 0 Å². The van der Waals surface area contributed by atoms with E-state index in [4.69, 9.17) is 21.1 Å². The van der Waals surface area contributed by atoms with Crippen molar-refractivity contribution in [2.75, 3.05) is 26.4 Å². The number of amides is 1. The Kier molecular flexibility index (Phi) is 8.61. The molecule has 1 heterocycles. The molecule has 2 aromatic rings. The molecule has 0 aliphatic heterocycles. The molecule has 0 unspecified atom stereocenters. The number of nitrogens with one attached hydrogen (secondary N) is 2. The molecule has 0 saturated heterocycles. The molecule has 148 valence electrons. The molecule has 0 aliphatic carbocycles. The summed E-state index contributed by atoms with van der Waals surface area (Å²) in [5.74, 6) is 0.834. The first kappa shape index (κ1) is 21.3. The largest absolute Gasteiger partial charge is 0.491 e. The summed E-state index contributed by atoms with van der Waals surface area (Å²) in [5, 5.41) is 9.77. The second-order valence-corrected chi connectivity index (χ2v) is 6.43. The first-order chi connectivity index (χ1) is 13.1. The Morgan fingerprint density at radius 1 is 1.30 bits per heavy atom. The topological polar surface area (TPSA) is 76.2 Å². The lowest BCUT2D eigenvalue weighted by molar-refractivity contribution is 0.0941. The molecular formula is C20H28ClN3O3. The Morgan fingerprint density at radius 3 is 2.78 bits per heavy atom. The number of H-pyrrole nitrogens is 1. The number of rotatable bonds is 11. The third kappa shape index (κ3) is 5.97. The number of aromatic nitrogens is 2. The van der Waals surface area contributed by atoms with E-state index in [-0.39, 0.29) is 11.8 Å². The van der Waals surface area contributed by atoms with Gasteiger partial charge in [-0.1, -0.05) is 19.1 Å². The van der Waals surface area contributed by atoms with Crippen LogP contribution in [-0.4, -0.2) is 42.5 Å². The first-order valence-electron chi connectivity index (χ1n) is 9.31. The van der Waals surface area contributed by atoms with Crippen molar-refractivity contribution in [2.45, 2.75) is 39.5 Å². The summed E-state index contributed by atoms with van der Waals surface area (Å²) < 4.78 is 11.2. The standard InChI is InChI=1S/C20H28ClN3O3/c1-4-17-16(13-21)19(24-23-17)20(25)22-9-11-27-18-7-6-15(12-14(18)3)8-10-26-5-2/h6-7,12H,4-5,8-11,13H2,1-3H3,(H,22,25)(H,23,24). The summed E-state index contributed by atoms with van der Waals surface area (Å²) in [6, 6.07) is 6.11. The molecular weight excluding hydrogens is 366 g/mol. The number of aromatic amines is 1. The zero-order valence-electron chi connectivity index (χ0n) is 16.2. The van der Waals surface area contributed by atoms with Gasteiger partial charge in [-0.05, 0) is 43.9 Å². The molecule has 0 bridgehead atoms. The highest BCUT2D eigenvalue weighted by molar-refractivity contribution is 6.17. The van der Waals surface area contributed by atoms with Gasteiger partial charge in [0.1, 0.15) is 12.4 Å². The Balaban J connectivity index is 1.81. The smallest absolute Gasteiger partial charge is 0.272 e. The number of benzene rings is 1. The van der Waals surface area contributed by atoms with Gasteiger partial charge in [0, 0.05) is 17.9 Å². The average Bonchev–Trinajstić information content (AvgIpc) is 3.09. The minimum Gasteiger partial charge on any atom is -0.491 e. The summed E-state index contributed by atoms with van der Waals surface area (Å²) in [7, 11) is 0. The quantitative estimate of drug-likeness (QED) is 0.453. The highest BCUT2D eigenvalue weighted by Gasteiger charge is 2.17. The number of carbonyl (C=O) groups excluding carboxylic acids is 1. The van der Waals surface area contributed by atoms with Gasteiger partial charge in [-0.15, -0.1) is 11.6 Å². The van der Waals surface area contributed by atoms with Gasteiger partial charge in [-0.3, -0.25) is 9.89 Å². The van der Waals surface area contributed by atoms with Crippen molar-refractivity contribution in [3.8, 4) is 5.75 Å². The van der Waals surface area contributed by atoms with Crippen molar-refractivity contribution in [1.29, 1.82) is 0 Å². The number of nitrogens with zero attached hydrogens (tertiary/aromatic N) is 1. The number of carbonyl (C=O) groups is 1. The van der Waals surface area contributed by atoms with E-state index >= 15 is 0 Å². The van der Waals surface area contributed by atoms with E-state index in [0.717, 1.165) is 48.6 Å². The summed E-state index contributed by atoms with van der Waals surface area (Å²) in [4.78, 5) is 12.3. The van der Waals surface area contributed by atoms with E-state index < -0.39 is 0 Å². The fraction of sp³-hybridized carbons (Fsp3) is 0.500. The van der Waals surface area contributed by atoms with Crippen LogP contribution in [0.15, 0.2) is 18.2 Å². The number of alkyl halides is 1. The molecule has 0 atom stereocenters. The fourth-order valence-electron chi connectivity index (χ4n) is 2.80. The van der Waals surface area contributed by atoms with Crippen LogP contribution in [0.25, 0.3) is 0 Å². The van der Waals surface area contributed by atoms with Crippen LogP contribution in [0, 0.1) is 6.92 Å². The van der Waals surface area contributed by atoms with Crippen LogP contribution in [-0.2, 0) is 23.5 Å². The average molecular weight is 394 g/mol. The molecule has 1 aromatic heterocycles. The molecule has 27 heavy (non-hydrogen) atoms. The lowest BCUT2D eigenvalue weighted by Crippen LogP contribution is -2.29. The van der Waals surface area contributed by atoms with Gasteiger partial charge in [0.15, 0.2) is 5.69 Å². The van der Waals surface area contributed by atoms with Crippen LogP contribution >= 0.6 is 11.6 Å². The Hall–Kier alpha value is -2.05. The predicted molar refractivity (Wildman–Crippen MR) is 107 cm³/mol. The second kappa shape index (κ2) is 10.9. The van der Waals surface area contributed by atoms with Crippen LogP contribution in [0.1, 0.15) is 46.7 Å². The molecule has 0 aliphatic rings. The van der Waals surface area contributed by atoms with Gasteiger partial charge in [0.05, 0.1) is 19.0 Å². The third-order valence-electron chi connectivity index (χ3n) is 4.28. The first-order valence-corrected chi connectivity index (χ1v) is 9.84. The number of hydrogen-bond acceptors (Lipinski definition) is 4. The molecule has 2 N–H and O–H groups in total. The van der Waals surface area contributed by atoms with Gasteiger partial charge in [-0.2, -0.15) is 5.10 Å². The molecule has 0 fully saturated rings. The minimum atomic E-state index is -0.242. The zero-order valence-corrected chi connectivity index (χ0v) is 17.0. The maximum absolute atomic E-state index is 12.3. The highest BCUT2D eigenvalue weighted by atomic mass is 35.5. The number of hydrogen-bond donors (Lipinski definition) is 2. The normalized spacial score (nSPS) is 10.8. The molecule has 1 amide bonds. The number of ether oxygens (including phenoxy) is 2. The van der Waals surface area contributed by atoms with Crippen molar-refractivity contribution in [1.82, 2.24) is 15.5 Å². The molecule has 1 aromatic carbocycles. The van der Waals surface area contributed by atoms with Crippen molar-refractivity contribution >= 4 is 17.5 Å². The maximum atomic E-state index is 12.3. The Bertz CT molecular complexity index is 746. The Morgan fingerprint density at radius 2 is 2.11 bits per heavy atom. The fourth-order valence-corrected chi connectivity index (χ4v) is 3.09. The highest BCUT2D eigenvalue weighted by Crippen LogP contribution is 2.19. The van der Waals surface area contributed by atoms with Crippen LogP contribution in [0.3, 0.4) is 0 Å². The monoisotopic (exact) mass is 393 g/mol. The van der Waals surface area contributed by atoms with Gasteiger partial charge >= 0.3 is 0 Å². The van der Waals surface area contributed by atoms with Crippen LogP contribution in [0.4, 0.5) is 0 Å². The van der Waals surface area contributed by atoms with Crippen molar-refractivity contribution in [2.24, 2.45) is 0 Å². The van der Waals surface area contributed by atoms with Crippen LogP contribution < -0.4 is 10.1 Å². The molecule has 6 nitrogen and oxygen atoms in total. The lowest BCUT2D eigenvalue weighted by atomic mass is 10.1. The molecule has 2 rings (SSSR count). The van der Waals surface area contributed by atoms with Gasteiger partial charge in [0.25, 0.3) is 5.91 Å². The Labute approximate surface area is 165 Å². The molecule has 0 radical (unpaired) electrons. The van der Waals surface area contributed by atoms with Crippen molar-refractivity contribution < 1.29 is 14.3 Å². The minimum absolute atomic E-state index is 0.242.